The molecule has 0 spiro atoms. The molecule has 0 aromatic heterocycles. The van der Waals surface area contributed by atoms with Gasteiger partial charge in [-0.25, -0.2) is 0 Å². The molecule has 1 saturated heterocycles. The van der Waals surface area contributed by atoms with E-state index in [1.54, 1.807) is 0 Å². The van der Waals surface area contributed by atoms with Crippen LogP contribution in [0.5, 0.6) is 0 Å². The SMILES string of the molecule is CN=C(NCC1Cc2ccccc21)N1CCC(Cc2ccccc2)C1.I. The monoisotopic (exact) mass is 461 g/mol. The van der Waals surface area contributed by atoms with Gasteiger partial charge in [0.2, 0.25) is 0 Å². The van der Waals surface area contributed by atoms with Crippen LogP contribution < -0.4 is 5.32 Å². The molecule has 26 heavy (non-hydrogen) atoms. The Morgan fingerprint density at radius 3 is 2.65 bits per heavy atom. The van der Waals surface area contributed by atoms with Crippen molar-refractivity contribution in [2.24, 2.45) is 10.9 Å². The maximum Gasteiger partial charge on any atom is 0.193 e. The molecule has 1 aliphatic carbocycles. The summed E-state index contributed by atoms with van der Waals surface area (Å²) in [5, 5.41) is 3.61. The van der Waals surface area contributed by atoms with E-state index < -0.39 is 0 Å². The van der Waals surface area contributed by atoms with Gasteiger partial charge in [0, 0.05) is 32.6 Å². The molecular weight excluding hydrogens is 433 g/mol. The zero-order valence-corrected chi connectivity index (χ0v) is 17.7. The van der Waals surface area contributed by atoms with Crippen LogP contribution in [0.3, 0.4) is 0 Å². The molecule has 1 N–H and O–H groups in total. The molecule has 0 radical (unpaired) electrons. The molecule has 2 atom stereocenters. The zero-order chi connectivity index (χ0) is 17.1. The van der Waals surface area contributed by atoms with Crippen LogP contribution in [-0.4, -0.2) is 37.5 Å². The number of nitrogens with zero attached hydrogens (tertiary/aromatic N) is 2. The number of halogens is 1. The van der Waals surface area contributed by atoms with Gasteiger partial charge < -0.3 is 10.2 Å². The first-order chi connectivity index (χ1) is 12.3. The molecule has 0 bridgehead atoms. The molecule has 0 amide bonds. The normalized spacial score (nSPS) is 21.6. The number of rotatable bonds is 4. The molecule has 2 aromatic rings. The number of likely N-dealkylation sites (tertiary alicyclic amines) is 1. The summed E-state index contributed by atoms with van der Waals surface area (Å²) >= 11 is 0. The van der Waals surface area contributed by atoms with Crippen molar-refractivity contribution in [1.29, 1.82) is 0 Å². The van der Waals surface area contributed by atoms with Crippen LogP contribution in [0.1, 0.15) is 29.0 Å². The van der Waals surface area contributed by atoms with E-state index in [1.165, 1.54) is 36.0 Å². The lowest BCUT2D eigenvalue weighted by Crippen LogP contribution is -2.43. The van der Waals surface area contributed by atoms with E-state index in [4.69, 9.17) is 0 Å². The Hall–Kier alpha value is -1.56. The Bertz CT molecular complexity index is 744. The molecule has 4 heteroatoms. The average molecular weight is 461 g/mol. The predicted molar refractivity (Wildman–Crippen MR) is 119 cm³/mol. The van der Waals surface area contributed by atoms with Gasteiger partial charge in [-0.05, 0) is 41.9 Å². The molecule has 2 unspecified atom stereocenters. The van der Waals surface area contributed by atoms with Crippen LogP contribution in [0.25, 0.3) is 0 Å². The Morgan fingerprint density at radius 2 is 1.88 bits per heavy atom. The number of hydrogen-bond acceptors (Lipinski definition) is 1. The molecule has 1 aliphatic heterocycles. The van der Waals surface area contributed by atoms with Gasteiger partial charge in [-0.3, -0.25) is 4.99 Å². The van der Waals surface area contributed by atoms with E-state index >= 15 is 0 Å². The summed E-state index contributed by atoms with van der Waals surface area (Å²) < 4.78 is 0. The second kappa shape index (κ2) is 8.89. The number of benzene rings is 2. The zero-order valence-electron chi connectivity index (χ0n) is 15.4. The standard InChI is InChI=1S/C22H27N3.HI/c1-23-22(24-15-20-14-19-9-5-6-10-21(19)20)25-12-11-18(16-25)13-17-7-3-2-4-8-17;/h2-10,18,20H,11-16H2,1H3,(H,23,24);1H. The minimum Gasteiger partial charge on any atom is -0.356 e. The first-order valence-electron chi connectivity index (χ1n) is 9.41. The quantitative estimate of drug-likeness (QED) is 0.422. The van der Waals surface area contributed by atoms with Crippen LogP contribution in [-0.2, 0) is 12.8 Å². The fourth-order valence-electron chi connectivity index (χ4n) is 4.23. The molecule has 0 saturated carbocycles. The Kier molecular flexibility index (Phi) is 6.57. The Labute approximate surface area is 173 Å². The third-order valence-electron chi connectivity index (χ3n) is 5.63. The lowest BCUT2D eigenvalue weighted by atomic mass is 9.78. The molecule has 1 fully saturated rings. The predicted octanol–water partition coefficient (Wildman–Crippen LogP) is 4.08. The highest BCUT2D eigenvalue weighted by Gasteiger charge is 2.28. The van der Waals surface area contributed by atoms with Gasteiger partial charge in [-0.1, -0.05) is 54.6 Å². The minimum atomic E-state index is 0. The van der Waals surface area contributed by atoms with Gasteiger partial charge in [0.05, 0.1) is 0 Å². The lowest BCUT2D eigenvalue weighted by molar-refractivity contribution is 0.453. The topological polar surface area (TPSA) is 27.6 Å². The summed E-state index contributed by atoms with van der Waals surface area (Å²) in [6.07, 6.45) is 3.61. The smallest absolute Gasteiger partial charge is 0.193 e. The van der Waals surface area contributed by atoms with Crippen LogP contribution in [0, 0.1) is 5.92 Å². The molecule has 138 valence electrons. The first kappa shape index (κ1) is 19.2. The van der Waals surface area contributed by atoms with Crippen molar-refractivity contribution in [2.45, 2.75) is 25.2 Å². The van der Waals surface area contributed by atoms with Crippen LogP contribution in [0.2, 0.25) is 0 Å². The highest BCUT2D eigenvalue weighted by Crippen LogP contribution is 2.34. The van der Waals surface area contributed by atoms with Gasteiger partial charge in [0.15, 0.2) is 5.96 Å². The van der Waals surface area contributed by atoms with Gasteiger partial charge in [-0.2, -0.15) is 0 Å². The molecule has 3 nitrogen and oxygen atoms in total. The van der Waals surface area contributed by atoms with Crippen molar-refractivity contribution < 1.29 is 0 Å². The molecule has 2 aromatic carbocycles. The largest absolute Gasteiger partial charge is 0.356 e. The van der Waals surface area contributed by atoms with E-state index in [2.05, 4.69) is 69.8 Å². The maximum absolute atomic E-state index is 4.53. The Balaban J connectivity index is 0.00000196. The van der Waals surface area contributed by atoms with Crippen molar-refractivity contribution >= 4 is 29.9 Å². The Morgan fingerprint density at radius 1 is 1.12 bits per heavy atom. The summed E-state index contributed by atoms with van der Waals surface area (Å²) in [5.41, 5.74) is 4.46. The maximum atomic E-state index is 4.53. The summed E-state index contributed by atoms with van der Waals surface area (Å²) in [6.45, 7) is 3.21. The lowest BCUT2D eigenvalue weighted by Gasteiger charge is -2.32. The van der Waals surface area contributed by atoms with Crippen molar-refractivity contribution in [3.63, 3.8) is 0 Å². The second-order valence-electron chi connectivity index (χ2n) is 7.32. The summed E-state index contributed by atoms with van der Waals surface area (Å²) in [5.74, 6) is 2.43. The highest BCUT2D eigenvalue weighted by molar-refractivity contribution is 14.0. The van der Waals surface area contributed by atoms with Gasteiger partial charge >= 0.3 is 0 Å². The van der Waals surface area contributed by atoms with Crippen LogP contribution >= 0.6 is 24.0 Å². The van der Waals surface area contributed by atoms with E-state index in [1.807, 2.05) is 7.05 Å². The van der Waals surface area contributed by atoms with Crippen molar-refractivity contribution in [3.05, 3.63) is 71.3 Å². The fourth-order valence-corrected chi connectivity index (χ4v) is 4.23. The summed E-state index contributed by atoms with van der Waals surface area (Å²) in [4.78, 5) is 6.96. The van der Waals surface area contributed by atoms with E-state index in [9.17, 15) is 0 Å². The number of fused-ring (bicyclic) bond motifs is 1. The number of hydrogen-bond donors (Lipinski definition) is 1. The van der Waals surface area contributed by atoms with Crippen molar-refractivity contribution in [3.8, 4) is 0 Å². The first-order valence-corrected chi connectivity index (χ1v) is 9.41. The van der Waals surface area contributed by atoms with Gasteiger partial charge in [0.1, 0.15) is 0 Å². The molecule has 2 aliphatic rings. The average Bonchev–Trinajstić information content (AvgIpc) is 3.08. The second-order valence-corrected chi connectivity index (χ2v) is 7.32. The third-order valence-corrected chi connectivity index (χ3v) is 5.63. The van der Waals surface area contributed by atoms with E-state index in [-0.39, 0.29) is 24.0 Å². The number of aliphatic imine (C=N–C) groups is 1. The van der Waals surface area contributed by atoms with E-state index in [0.717, 1.165) is 31.5 Å². The highest BCUT2D eigenvalue weighted by atomic mass is 127. The van der Waals surface area contributed by atoms with Crippen molar-refractivity contribution in [2.75, 3.05) is 26.7 Å². The third kappa shape index (κ3) is 4.22. The summed E-state index contributed by atoms with van der Waals surface area (Å²) in [6, 6.07) is 19.6. The van der Waals surface area contributed by atoms with Crippen LogP contribution in [0.15, 0.2) is 59.6 Å². The fraction of sp³-hybridized carbons (Fsp3) is 0.409. The molecular formula is C22H28IN3. The number of guanidine groups is 1. The van der Waals surface area contributed by atoms with Gasteiger partial charge in [0.25, 0.3) is 0 Å². The van der Waals surface area contributed by atoms with Crippen LogP contribution in [0.4, 0.5) is 0 Å². The molecule has 1 heterocycles. The van der Waals surface area contributed by atoms with Crippen molar-refractivity contribution in [1.82, 2.24) is 10.2 Å². The minimum absolute atomic E-state index is 0. The molecule has 4 rings (SSSR count). The van der Waals surface area contributed by atoms with E-state index in [0.29, 0.717) is 5.92 Å². The van der Waals surface area contributed by atoms with Gasteiger partial charge in [-0.15, -0.1) is 24.0 Å². The summed E-state index contributed by atoms with van der Waals surface area (Å²) in [7, 11) is 1.90. The number of nitrogens with one attached hydrogen (secondary N) is 1.